The minimum atomic E-state index is 0.715. The lowest BCUT2D eigenvalue weighted by molar-refractivity contribution is -0.895. The fraction of sp³-hybridized carbons (Fsp3) is 0.267. The van der Waals surface area contributed by atoms with Gasteiger partial charge in [0.15, 0.2) is 0 Å². The molecule has 0 aliphatic carbocycles. The first kappa shape index (κ1) is 11.6. The largest absolute Gasteiger partial charge is 0.760 e. The van der Waals surface area contributed by atoms with E-state index in [9.17, 15) is 0 Å². The maximum atomic E-state index is 5.30. The summed E-state index contributed by atoms with van der Waals surface area (Å²) in [6.45, 7) is 2.19. The number of nitrogens with one attached hydrogen (secondary N) is 1. The standard InChI is InChI=1S/C15H16N2S/c1-17-8-7-14-13(10-17)12(9-15(18)16-14)11-5-3-2-4-6-11/h2-6,9H,7-8,10H2,1H3,(H,16,18). The Morgan fingerprint density at radius 2 is 2.00 bits per heavy atom. The fourth-order valence-electron chi connectivity index (χ4n) is 2.60. The van der Waals surface area contributed by atoms with E-state index in [2.05, 4.69) is 36.3 Å². The molecule has 1 aliphatic heterocycles. The van der Waals surface area contributed by atoms with E-state index < -0.39 is 0 Å². The highest BCUT2D eigenvalue weighted by Gasteiger charge is 2.20. The molecule has 1 aromatic heterocycles. The van der Waals surface area contributed by atoms with Crippen LogP contribution in [0.2, 0.25) is 0 Å². The summed E-state index contributed by atoms with van der Waals surface area (Å²) in [7, 11) is 2.24. The molecule has 3 heteroatoms. The molecule has 0 spiro atoms. The Labute approximate surface area is 113 Å². The zero-order valence-electron chi connectivity index (χ0n) is 10.4. The third-order valence-electron chi connectivity index (χ3n) is 3.54. The number of pyridine rings is 1. The molecule has 1 aliphatic rings. The van der Waals surface area contributed by atoms with Gasteiger partial charge in [0.05, 0.1) is 19.3 Å². The molecule has 2 heterocycles. The Kier molecular flexibility index (Phi) is 3.02. The lowest BCUT2D eigenvalue weighted by Crippen LogP contribution is -3.08. The number of hydrogen-bond donors (Lipinski definition) is 1. The molecule has 1 atom stereocenters. The normalized spacial score (nSPS) is 18.4. The zero-order chi connectivity index (χ0) is 12.5. The van der Waals surface area contributed by atoms with Crippen molar-refractivity contribution in [1.82, 2.24) is 4.98 Å². The molecule has 3 rings (SSSR count). The summed E-state index contributed by atoms with van der Waals surface area (Å²) in [5.41, 5.74) is 5.09. The van der Waals surface area contributed by atoms with E-state index in [1.165, 1.54) is 22.4 Å². The second-order valence-corrected chi connectivity index (χ2v) is 5.35. The third kappa shape index (κ3) is 2.11. The SMILES string of the molecule is C[NH+]1CCc2nc([S-])cc(-c3ccccc3)c2C1. The van der Waals surface area contributed by atoms with Gasteiger partial charge in [-0.3, -0.25) is 4.98 Å². The molecule has 1 aromatic carbocycles. The van der Waals surface area contributed by atoms with Gasteiger partial charge in [-0.05, 0) is 11.1 Å². The number of benzene rings is 1. The van der Waals surface area contributed by atoms with Crippen LogP contribution in [0.4, 0.5) is 0 Å². The van der Waals surface area contributed by atoms with Crippen molar-refractivity contribution in [1.29, 1.82) is 0 Å². The van der Waals surface area contributed by atoms with Gasteiger partial charge in [-0.2, -0.15) is 0 Å². The molecule has 2 aromatic rings. The molecule has 1 unspecified atom stereocenters. The van der Waals surface area contributed by atoms with Crippen molar-refractivity contribution in [2.45, 2.75) is 18.0 Å². The molecule has 0 saturated heterocycles. The van der Waals surface area contributed by atoms with Crippen LogP contribution < -0.4 is 4.90 Å². The Balaban J connectivity index is 2.17. The van der Waals surface area contributed by atoms with Crippen LogP contribution in [0, 0.1) is 0 Å². The van der Waals surface area contributed by atoms with E-state index in [1.54, 1.807) is 4.90 Å². The van der Waals surface area contributed by atoms with Crippen LogP contribution in [0.3, 0.4) is 0 Å². The van der Waals surface area contributed by atoms with Crippen molar-refractivity contribution in [3.63, 3.8) is 0 Å². The van der Waals surface area contributed by atoms with Crippen molar-refractivity contribution in [2.24, 2.45) is 0 Å². The topological polar surface area (TPSA) is 17.3 Å². The van der Waals surface area contributed by atoms with E-state index in [1.807, 2.05) is 12.1 Å². The predicted octanol–water partition coefficient (Wildman–Crippen LogP) is 1.23. The maximum Gasteiger partial charge on any atom is 0.105 e. The first-order valence-electron chi connectivity index (χ1n) is 6.30. The number of nitrogens with zero attached hydrogens (tertiary/aromatic N) is 1. The highest BCUT2D eigenvalue weighted by atomic mass is 32.1. The summed E-state index contributed by atoms with van der Waals surface area (Å²) >= 11 is 5.30. The Hall–Kier alpha value is -1.45. The second kappa shape index (κ2) is 4.67. The molecule has 0 bridgehead atoms. The van der Waals surface area contributed by atoms with Crippen LogP contribution in [0.15, 0.2) is 41.4 Å². The monoisotopic (exact) mass is 256 g/mol. The molecule has 0 radical (unpaired) electrons. The van der Waals surface area contributed by atoms with Gasteiger partial charge in [0.25, 0.3) is 0 Å². The highest BCUT2D eigenvalue weighted by Crippen LogP contribution is 2.27. The summed E-state index contributed by atoms with van der Waals surface area (Å²) in [4.78, 5) is 6.08. The Morgan fingerprint density at radius 3 is 2.78 bits per heavy atom. The minimum Gasteiger partial charge on any atom is -0.760 e. The van der Waals surface area contributed by atoms with E-state index in [0.717, 1.165) is 19.5 Å². The predicted molar refractivity (Wildman–Crippen MR) is 74.5 cm³/mol. The number of likely N-dealkylation sites (N-methyl/N-ethyl adjacent to an activating group) is 1. The lowest BCUT2D eigenvalue weighted by Gasteiger charge is -2.26. The van der Waals surface area contributed by atoms with E-state index in [-0.39, 0.29) is 0 Å². The smallest absolute Gasteiger partial charge is 0.105 e. The highest BCUT2D eigenvalue weighted by molar-refractivity contribution is 7.58. The molecule has 0 amide bonds. The molecule has 92 valence electrons. The van der Waals surface area contributed by atoms with Crippen molar-refractivity contribution in [2.75, 3.05) is 13.6 Å². The molecule has 0 saturated carbocycles. The van der Waals surface area contributed by atoms with Crippen LogP contribution in [0.1, 0.15) is 11.3 Å². The van der Waals surface area contributed by atoms with E-state index in [4.69, 9.17) is 12.6 Å². The first-order chi connectivity index (χ1) is 8.74. The number of aromatic nitrogens is 1. The Morgan fingerprint density at radius 1 is 1.22 bits per heavy atom. The quantitative estimate of drug-likeness (QED) is 0.773. The van der Waals surface area contributed by atoms with Gasteiger partial charge in [-0.15, -0.1) is 0 Å². The van der Waals surface area contributed by atoms with Gasteiger partial charge in [0, 0.05) is 12.0 Å². The summed E-state index contributed by atoms with van der Waals surface area (Å²) in [6, 6.07) is 12.5. The van der Waals surface area contributed by atoms with Crippen molar-refractivity contribution in [3.8, 4) is 11.1 Å². The van der Waals surface area contributed by atoms with Crippen molar-refractivity contribution < 1.29 is 4.90 Å². The van der Waals surface area contributed by atoms with Gasteiger partial charge in [0.2, 0.25) is 0 Å². The molecule has 1 N–H and O–H groups in total. The minimum absolute atomic E-state index is 0.715. The Bertz CT molecular complexity index is 566. The molecular formula is C15H16N2S. The van der Waals surface area contributed by atoms with Gasteiger partial charge in [-0.25, -0.2) is 0 Å². The molecular weight excluding hydrogens is 240 g/mol. The molecule has 0 fully saturated rings. The van der Waals surface area contributed by atoms with E-state index in [0.29, 0.717) is 5.03 Å². The van der Waals surface area contributed by atoms with Crippen LogP contribution in [-0.4, -0.2) is 18.6 Å². The first-order valence-corrected chi connectivity index (χ1v) is 6.71. The number of quaternary nitrogens is 1. The summed E-state index contributed by atoms with van der Waals surface area (Å²) in [5.74, 6) is 0. The average molecular weight is 256 g/mol. The third-order valence-corrected chi connectivity index (χ3v) is 3.75. The van der Waals surface area contributed by atoms with Crippen LogP contribution >= 0.6 is 0 Å². The second-order valence-electron chi connectivity index (χ2n) is 4.93. The summed E-state index contributed by atoms with van der Waals surface area (Å²) in [5, 5.41) is 0.715. The number of fused-ring (bicyclic) bond motifs is 1. The van der Waals surface area contributed by atoms with Gasteiger partial charge >= 0.3 is 0 Å². The molecule has 2 nitrogen and oxygen atoms in total. The van der Waals surface area contributed by atoms with Crippen LogP contribution in [-0.2, 0) is 25.6 Å². The molecule has 18 heavy (non-hydrogen) atoms. The van der Waals surface area contributed by atoms with Gasteiger partial charge in [-0.1, -0.05) is 41.4 Å². The van der Waals surface area contributed by atoms with Gasteiger partial charge in [0.1, 0.15) is 6.54 Å². The zero-order valence-corrected chi connectivity index (χ0v) is 11.3. The maximum absolute atomic E-state index is 5.30. The number of rotatable bonds is 1. The average Bonchev–Trinajstić information content (AvgIpc) is 2.39. The van der Waals surface area contributed by atoms with E-state index >= 15 is 0 Å². The van der Waals surface area contributed by atoms with Crippen molar-refractivity contribution >= 4 is 12.6 Å². The van der Waals surface area contributed by atoms with Crippen LogP contribution in [0.5, 0.6) is 0 Å². The fourth-order valence-corrected chi connectivity index (χ4v) is 2.83. The van der Waals surface area contributed by atoms with Gasteiger partial charge < -0.3 is 17.5 Å². The van der Waals surface area contributed by atoms with Crippen LogP contribution in [0.25, 0.3) is 11.1 Å². The summed E-state index contributed by atoms with van der Waals surface area (Å²) in [6.07, 6.45) is 1.03. The van der Waals surface area contributed by atoms with Crippen molar-refractivity contribution in [3.05, 3.63) is 47.7 Å². The summed E-state index contributed by atoms with van der Waals surface area (Å²) < 4.78 is 0. The lowest BCUT2D eigenvalue weighted by atomic mass is 9.95. The number of hydrogen-bond acceptors (Lipinski definition) is 2.